The van der Waals surface area contributed by atoms with Crippen LogP contribution in [0.3, 0.4) is 0 Å². The van der Waals surface area contributed by atoms with Crippen molar-refractivity contribution in [3.8, 4) is 11.4 Å². The molecular formula is C19H19N3O3. The van der Waals surface area contributed by atoms with Gasteiger partial charge in [0, 0.05) is 6.07 Å². The number of H-pyrrole nitrogens is 1. The molecule has 2 N–H and O–H groups in total. The first kappa shape index (κ1) is 16.6. The zero-order valence-corrected chi connectivity index (χ0v) is 13.9. The van der Waals surface area contributed by atoms with Crippen molar-refractivity contribution < 1.29 is 9.53 Å². The Bertz CT molecular complexity index is 896. The van der Waals surface area contributed by atoms with E-state index in [0.717, 1.165) is 17.0 Å². The van der Waals surface area contributed by atoms with Crippen molar-refractivity contribution in [1.29, 1.82) is 0 Å². The molecule has 3 rings (SSSR count). The van der Waals surface area contributed by atoms with Gasteiger partial charge in [-0.25, -0.2) is 4.68 Å². The van der Waals surface area contributed by atoms with Gasteiger partial charge in [0.15, 0.2) is 0 Å². The van der Waals surface area contributed by atoms with E-state index in [2.05, 4.69) is 10.4 Å². The van der Waals surface area contributed by atoms with Crippen molar-refractivity contribution in [1.82, 2.24) is 15.1 Å². The van der Waals surface area contributed by atoms with Gasteiger partial charge in [-0.05, 0) is 29.8 Å². The molecular weight excluding hydrogens is 318 g/mol. The van der Waals surface area contributed by atoms with Gasteiger partial charge in [0.1, 0.15) is 5.75 Å². The van der Waals surface area contributed by atoms with Gasteiger partial charge in [0.25, 0.3) is 5.56 Å². The van der Waals surface area contributed by atoms with E-state index >= 15 is 0 Å². The van der Waals surface area contributed by atoms with Crippen molar-refractivity contribution in [2.75, 3.05) is 7.11 Å². The Hall–Kier alpha value is -3.28. The number of aromatic amines is 1. The fourth-order valence-corrected chi connectivity index (χ4v) is 2.49. The second-order valence-corrected chi connectivity index (χ2v) is 5.59. The molecule has 3 aromatic rings. The van der Waals surface area contributed by atoms with Crippen LogP contribution in [0, 0.1) is 0 Å². The van der Waals surface area contributed by atoms with Crippen LogP contribution < -0.4 is 15.6 Å². The highest BCUT2D eigenvalue weighted by atomic mass is 16.5. The number of benzene rings is 2. The number of methoxy groups -OCH3 is 1. The summed E-state index contributed by atoms with van der Waals surface area (Å²) in [5.41, 5.74) is 2.14. The van der Waals surface area contributed by atoms with Gasteiger partial charge < -0.3 is 10.1 Å². The molecule has 0 saturated carbocycles. The maximum atomic E-state index is 12.1. The highest BCUT2D eigenvalue weighted by Gasteiger charge is 2.07. The van der Waals surface area contributed by atoms with E-state index in [1.807, 2.05) is 54.6 Å². The minimum absolute atomic E-state index is 0.113. The number of hydrogen-bond acceptors (Lipinski definition) is 3. The number of rotatable bonds is 6. The summed E-state index contributed by atoms with van der Waals surface area (Å²) in [6, 6.07) is 18.1. The van der Waals surface area contributed by atoms with Crippen LogP contribution in [0.2, 0.25) is 0 Å². The Morgan fingerprint density at radius 1 is 1.12 bits per heavy atom. The molecule has 0 atom stereocenters. The van der Waals surface area contributed by atoms with Crippen LogP contribution in [-0.2, 0) is 17.8 Å². The summed E-state index contributed by atoms with van der Waals surface area (Å²) in [4.78, 5) is 24.1. The van der Waals surface area contributed by atoms with Crippen LogP contribution >= 0.6 is 0 Å². The van der Waals surface area contributed by atoms with E-state index in [1.165, 1.54) is 10.7 Å². The van der Waals surface area contributed by atoms with E-state index in [1.54, 1.807) is 7.11 Å². The Labute approximate surface area is 145 Å². The molecule has 0 aliphatic heterocycles. The smallest absolute Gasteiger partial charge is 0.271 e. The first-order valence-corrected chi connectivity index (χ1v) is 7.92. The number of para-hydroxylation sites is 1. The van der Waals surface area contributed by atoms with Gasteiger partial charge in [-0.2, -0.15) is 0 Å². The van der Waals surface area contributed by atoms with Gasteiger partial charge >= 0.3 is 0 Å². The number of carbonyl (C=O) groups is 1. The minimum Gasteiger partial charge on any atom is -0.497 e. The van der Waals surface area contributed by atoms with Crippen molar-refractivity contribution in [3.63, 3.8) is 0 Å². The number of nitrogens with one attached hydrogen (secondary N) is 2. The molecule has 1 heterocycles. The summed E-state index contributed by atoms with van der Waals surface area (Å²) in [7, 11) is 1.60. The lowest BCUT2D eigenvalue weighted by Crippen LogP contribution is -2.24. The Morgan fingerprint density at radius 2 is 1.84 bits per heavy atom. The van der Waals surface area contributed by atoms with Gasteiger partial charge in [-0.15, -0.1) is 0 Å². The number of nitrogens with zero attached hydrogens (tertiary/aromatic N) is 1. The van der Waals surface area contributed by atoms with Crippen LogP contribution in [-0.4, -0.2) is 22.8 Å². The average Bonchev–Trinajstić information content (AvgIpc) is 3.02. The Balaban J connectivity index is 1.60. The fourth-order valence-electron chi connectivity index (χ4n) is 2.49. The molecule has 0 saturated heterocycles. The lowest BCUT2D eigenvalue weighted by Gasteiger charge is -2.05. The summed E-state index contributed by atoms with van der Waals surface area (Å²) in [5.74, 6) is 0.641. The molecule has 0 spiro atoms. The quantitative estimate of drug-likeness (QED) is 0.723. The summed E-state index contributed by atoms with van der Waals surface area (Å²) in [6.45, 7) is 0.268. The SMILES string of the molecule is COc1ccc(CC(=O)NCc2cc(=O)n(-c3ccccc3)[nH]2)cc1. The zero-order valence-electron chi connectivity index (χ0n) is 13.9. The molecule has 1 amide bonds. The molecule has 0 fully saturated rings. The normalized spacial score (nSPS) is 10.4. The molecule has 25 heavy (non-hydrogen) atoms. The molecule has 1 aromatic heterocycles. The second-order valence-electron chi connectivity index (χ2n) is 5.59. The molecule has 0 aliphatic carbocycles. The van der Waals surface area contributed by atoms with E-state index in [-0.39, 0.29) is 24.4 Å². The molecule has 0 aliphatic rings. The zero-order chi connectivity index (χ0) is 17.6. The van der Waals surface area contributed by atoms with E-state index < -0.39 is 0 Å². The van der Waals surface area contributed by atoms with Gasteiger partial charge in [-0.3, -0.25) is 14.7 Å². The van der Waals surface area contributed by atoms with Crippen LogP contribution in [0.25, 0.3) is 5.69 Å². The topological polar surface area (TPSA) is 76.1 Å². The van der Waals surface area contributed by atoms with Crippen molar-refractivity contribution >= 4 is 5.91 Å². The van der Waals surface area contributed by atoms with E-state index in [0.29, 0.717) is 5.69 Å². The molecule has 0 bridgehead atoms. The van der Waals surface area contributed by atoms with Crippen LogP contribution in [0.4, 0.5) is 0 Å². The molecule has 6 nitrogen and oxygen atoms in total. The molecule has 0 unspecified atom stereocenters. The van der Waals surface area contributed by atoms with Gasteiger partial charge in [-0.1, -0.05) is 30.3 Å². The van der Waals surface area contributed by atoms with E-state index in [4.69, 9.17) is 4.74 Å². The number of aromatic nitrogens is 2. The summed E-state index contributed by atoms with van der Waals surface area (Å²) in [5, 5.41) is 5.82. The number of amides is 1. The first-order valence-electron chi connectivity index (χ1n) is 7.92. The third kappa shape index (κ3) is 4.17. The standard InChI is InChI=1S/C19H19N3O3/c1-25-17-9-7-14(8-10-17)11-18(23)20-13-15-12-19(24)22(21-15)16-5-3-2-4-6-16/h2-10,12,21H,11,13H2,1H3,(H,20,23). The number of hydrogen-bond donors (Lipinski definition) is 2. The number of ether oxygens (including phenoxy) is 1. The first-order chi connectivity index (χ1) is 12.2. The van der Waals surface area contributed by atoms with Crippen LogP contribution in [0.5, 0.6) is 5.75 Å². The molecule has 6 heteroatoms. The fraction of sp³-hybridized carbons (Fsp3) is 0.158. The summed E-state index contributed by atoms with van der Waals surface area (Å²) in [6.07, 6.45) is 0.271. The lowest BCUT2D eigenvalue weighted by atomic mass is 10.1. The van der Waals surface area contributed by atoms with Crippen molar-refractivity contribution in [2.24, 2.45) is 0 Å². The highest BCUT2D eigenvalue weighted by molar-refractivity contribution is 5.78. The summed E-state index contributed by atoms with van der Waals surface area (Å²) < 4.78 is 6.54. The van der Waals surface area contributed by atoms with Crippen LogP contribution in [0.1, 0.15) is 11.3 Å². The highest BCUT2D eigenvalue weighted by Crippen LogP contribution is 2.11. The Kier molecular flexibility index (Phi) is 4.99. The maximum Gasteiger partial charge on any atom is 0.271 e. The predicted molar refractivity (Wildman–Crippen MR) is 94.9 cm³/mol. The second kappa shape index (κ2) is 7.53. The van der Waals surface area contributed by atoms with E-state index in [9.17, 15) is 9.59 Å². The molecule has 0 radical (unpaired) electrons. The van der Waals surface area contributed by atoms with Crippen LogP contribution in [0.15, 0.2) is 65.5 Å². The third-order valence-corrected chi connectivity index (χ3v) is 3.79. The van der Waals surface area contributed by atoms with Crippen molar-refractivity contribution in [3.05, 3.63) is 82.3 Å². The van der Waals surface area contributed by atoms with Gasteiger partial charge in [0.2, 0.25) is 5.91 Å². The largest absolute Gasteiger partial charge is 0.497 e. The Morgan fingerprint density at radius 3 is 2.52 bits per heavy atom. The molecule has 2 aromatic carbocycles. The number of carbonyl (C=O) groups excluding carboxylic acids is 1. The van der Waals surface area contributed by atoms with Gasteiger partial charge in [0.05, 0.1) is 31.5 Å². The minimum atomic E-state index is -0.161. The average molecular weight is 337 g/mol. The predicted octanol–water partition coefficient (Wildman–Crippen LogP) is 2.03. The molecule has 128 valence electrons. The summed E-state index contributed by atoms with van der Waals surface area (Å²) >= 11 is 0. The van der Waals surface area contributed by atoms with Crippen molar-refractivity contribution in [2.45, 2.75) is 13.0 Å². The lowest BCUT2D eigenvalue weighted by molar-refractivity contribution is -0.120. The third-order valence-electron chi connectivity index (χ3n) is 3.79. The monoisotopic (exact) mass is 337 g/mol. The maximum absolute atomic E-state index is 12.1.